The van der Waals surface area contributed by atoms with E-state index in [9.17, 15) is 9.59 Å². The topological polar surface area (TPSA) is 94.9 Å². The Morgan fingerprint density at radius 1 is 1.45 bits per heavy atom. The third kappa shape index (κ3) is 3.27. The van der Waals surface area contributed by atoms with Crippen molar-refractivity contribution in [2.75, 3.05) is 5.32 Å². The first-order valence-electron chi connectivity index (χ1n) is 5.97. The lowest BCUT2D eigenvalue weighted by Gasteiger charge is -2.05. The Hall–Kier alpha value is -2.09. The van der Waals surface area contributed by atoms with Crippen molar-refractivity contribution in [2.45, 2.75) is 20.0 Å². The average Bonchev–Trinajstić information content (AvgIpc) is 2.95. The minimum atomic E-state index is -0.491. The fourth-order valence-electron chi connectivity index (χ4n) is 1.80. The molecule has 0 bridgehead atoms. The minimum Gasteiger partial charge on any atom is -0.368 e. The summed E-state index contributed by atoms with van der Waals surface area (Å²) in [6, 6.07) is 1.74. The number of hydrogen-bond acceptors (Lipinski definition) is 3. The number of aryl methyl sites for hydroxylation is 1. The first-order valence-corrected chi connectivity index (χ1v) is 6.76. The third-order valence-corrected chi connectivity index (χ3v) is 3.08. The number of primary amides is 1. The lowest BCUT2D eigenvalue weighted by molar-refractivity contribution is -0.118. The number of nitrogens with two attached hydrogens (primary N) is 1. The van der Waals surface area contributed by atoms with Gasteiger partial charge in [0, 0.05) is 23.4 Å². The highest BCUT2D eigenvalue weighted by Gasteiger charge is 2.13. The lowest BCUT2D eigenvalue weighted by Crippen LogP contribution is -2.19. The van der Waals surface area contributed by atoms with Crippen LogP contribution in [0.25, 0.3) is 0 Å². The van der Waals surface area contributed by atoms with Crippen LogP contribution in [0, 0.1) is 0 Å². The van der Waals surface area contributed by atoms with Crippen LogP contribution in [0.2, 0.25) is 0 Å². The van der Waals surface area contributed by atoms with Gasteiger partial charge in [0.05, 0.1) is 11.9 Å². The Kier molecular flexibility index (Phi) is 4.23. The molecule has 2 heterocycles. The molecular formula is C12H14BrN5O2. The number of aromatic nitrogens is 3. The molecule has 2 aromatic rings. The molecule has 3 N–H and O–H groups in total. The second-order valence-electron chi connectivity index (χ2n) is 4.18. The number of nitrogens with one attached hydrogen (secondary N) is 1. The molecule has 0 atom stereocenters. The molecule has 0 saturated carbocycles. The summed E-state index contributed by atoms with van der Waals surface area (Å²) in [5.41, 5.74) is 6.12. The zero-order valence-corrected chi connectivity index (χ0v) is 12.4. The van der Waals surface area contributed by atoms with Crippen LogP contribution in [0.5, 0.6) is 0 Å². The number of carbonyl (C=O) groups is 2. The van der Waals surface area contributed by atoms with E-state index < -0.39 is 5.91 Å². The number of nitrogens with zero attached hydrogens (tertiary/aromatic N) is 3. The van der Waals surface area contributed by atoms with Gasteiger partial charge in [-0.1, -0.05) is 0 Å². The van der Waals surface area contributed by atoms with Gasteiger partial charge >= 0.3 is 0 Å². The summed E-state index contributed by atoms with van der Waals surface area (Å²) in [6.45, 7) is 2.62. The molecular weight excluding hydrogens is 326 g/mol. The first kappa shape index (κ1) is 14.3. The van der Waals surface area contributed by atoms with Gasteiger partial charge in [-0.15, -0.1) is 0 Å². The highest BCUT2D eigenvalue weighted by atomic mass is 79.9. The SMILES string of the molecule is CCn1cc(Br)cc1C(=O)Nc1cnn(CC(N)=O)c1. The molecule has 20 heavy (non-hydrogen) atoms. The summed E-state index contributed by atoms with van der Waals surface area (Å²) in [5, 5.41) is 6.66. The van der Waals surface area contributed by atoms with Crippen molar-refractivity contribution < 1.29 is 9.59 Å². The molecule has 0 unspecified atom stereocenters. The fraction of sp³-hybridized carbons (Fsp3) is 0.250. The van der Waals surface area contributed by atoms with Gasteiger partial charge < -0.3 is 15.6 Å². The second-order valence-corrected chi connectivity index (χ2v) is 5.09. The third-order valence-electron chi connectivity index (χ3n) is 2.65. The van der Waals surface area contributed by atoms with Crippen LogP contribution < -0.4 is 11.1 Å². The van der Waals surface area contributed by atoms with Crippen LogP contribution in [0.3, 0.4) is 0 Å². The van der Waals surface area contributed by atoms with Gasteiger partial charge in [-0.3, -0.25) is 14.3 Å². The molecule has 0 aromatic carbocycles. The molecule has 2 amide bonds. The highest BCUT2D eigenvalue weighted by molar-refractivity contribution is 9.10. The first-order chi connectivity index (χ1) is 9.49. The van der Waals surface area contributed by atoms with Crippen LogP contribution >= 0.6 is 15.9 Å². The van der Waals surface area contributed by atoms with Crippen molar-refractivity contribution in [3.05, 3.63) is 34.8 Å². The van der Waals surface area contributed by atoms with Crippen molar-refractivity contribution in [3.8, 4) is 0 Å². The number of carbonyl (C=O) groups excluding carboxylic acids is 2. The Bertz CT molecular complexity index is 646. The van der Waals surface area contributed by atoms with Gasteiger partial charge in [0.1, 0.15) is 12.2 Å². The minimum absolute atomic E-state index is 0.0211. The normalized spacial score (nSPS) is 10.5. The second kappa shape index (κ2) is 5.91. The molecule has 0 fully saturated rings. The summed E-state index contributed by atoms with van der Waals surface area (Å²) in [6.07, 6.45) is 4.86. The lowest BCUT2D eigenvalue weighted by atomic mass is 10.4. The van der Waals surface area contributed by atoms with Crippen LogP contribution in [-0.2, 0) is 17.9 Å². The number of anilines is 1. The van der Waals surface area contributed by atoms with Gasteiger partial charge in [0.25, 0.3) is 5.91 Å². The predicted molar refractivity (Wildman–Crippen MR) is 77.2 cm³/mol. The average molecular weight is 340 g/mol. The molecule has 8 heteroatoms. The molecule has 2 rings (SSSR count). The summed E-state index contributed by atoms with van der Waals surface area (Å²) in [7, 11) is 0. The Morgan fingerprint density at radius 2 is 2.20 bits per heavy atom. The number of halogens is 1. The van der Waals surface area contributed by atoms with Crippen molar-refractivity contribution in [1.29, 1.82) is 0 Å². The number of amides is 2. The maximum atomic E-state index is 12.2. The van der Waals surface area contributed by atoms with Gasteiger partial charge in [-0.2, -0.15) is 5.10 Å². The Balaban J connectivity index is 2.11. The van der Waals surface area contributed by atoms with Crippen molar-refractivity contribution in [2.24, 2.45) is 5.73 Å². The summed E-state index contributed by atoms with van der Waals surface area (Å²) < 4.78 is 4.04. The quantitative estimate of drug-likeness (QED) is 0.856. The van der Waals surface area contributed by atoms with Gasteiger partial charge in [0.15, 0.2) is 0 Å². The van der Waals surface area contributed by atoms with Crippen molar-refractivity contribution in [1.82, 2.24) is 14.3 Å². The van der Waals surface area contributed by atoms with E-state index in [1.165, 1.54) is 10.9 Å². The molecule has 106 valence electrons. The monoisotopic (exact) mass is 339 g/mol. The van der Waals surface area contributed by atoms with Gasteiger partial charge in [0.2, 0.25) is 5.91 Å². The zero-order chi connectivity index (χ0) is 14.7. The van der Waals surface area contributed by atoms with Crippen LogP contribution in [0.1, 0.15) is 17.4 Å². The number of rotatable bonds is 5. The Labute approximate surface area is 123 Å². The van der Waals surface area contributed by atoms with Gasteiger partial charge in [-0.05, 0) is 28.9 Å². The van der Waals surface area contributed by atoms with E-state index >= 15 is 0 Å². The molecule has 0 spiro atoms. The van der Waals surface area contributed by atoms with E-state index in [0.29, 0.717) is 17.9 Å². The standard InChI is InChI=1S/C12H14BrN5O2/c1-2-17-5-8(13)3-10(17)12(20)16-9-4-15-18(6-9)7-11(14)19/h3-6H,2,7H2,1H3,(H2,14,19)(H,16,20). The van der Waals surface area contributed by atoms with E-state index in [1.54, 1.807) is 12.3 Å². The van der Waals surface area contributed by atoms with Gasteiger partial charge in [-0.25, -0.2) is 0 Å². The van der Waals surface area contributed by atoms with E-state index in [0.717, 1.165) is 4.47 Å². The summed E-state index contributed by atoms with van der Waals surface area (Å²) in [4.78, 5) is 22.9. The zero-order valence-electron chi connectivity index (χ0n) is 10.8. The summed E-state index contributed by atoms with van der Waals surface area (Å²) >= 11 is 3.34. The molecule has 0 aliphatic heterocycles. The molecule has 0 radical (unpaired) electrons. The van der Waals surface area contributed by atoms with Crippen molar-refractivity contribution >= 4 is 33.4 Å². The molecule has 0 aliphatic carbocycles. The maximum absolute atomic E-state index is 12.2. The van der Waals surface area contributed by atoms with Crippen LogP contribution in [0.15, 0.2) is 29.1 Å². The smallest absolute Gasteiger partial charge is 0.272 e. The van der Waals surface area contributed by atoms with E-state index in [4.69, 9.17) is 5.73 Å². The largest absolute Gasteiger partial charge is 0.368 e. The van der Waals surface area contributed by atoms with E-state index in [2.05, 4.69) is 26.3 Å². The number of hydrogen-bond donors (Lipinski definition) is 2. The van der Waals surface area contributed by atoms with E-state index in [-0.39, 0.29) is 12.5 Å². The molecule has 7 nitrogen and oxygen atoms in total. The molecule has 2 aromatic heterocycles. The molecule has 0 aliphatic rings. The molecule has 0 saturated heterocycles. The fourth-order valence-corrected chi connectivity index (χ4v) is 2.26. The van der Waals surface area contributed by atoms with Crippen LogP contribution in [-0.4, -0.2) is 26.2 Å². The predicted octanol–water partition coefficient (Wildman–Crippen LogP) is 1.20. The maximum Gasteiger partial charge on any atom is 0.272 e. The van der Waals surface area contributed by atoms with Crippen LogP contribution in [0.4, 0.5) is 5.69 Å². The van der Waals surface area contributed by atoms with Crippen molar-refractivity contribution in [3.63, 3.8) is 0 Å². The highest BCUT2D eigenvalue weighted by Crippen LogP contribution is 2.16. The van der Waals surface area contributed by atoms with E-state index in [1.807, 2.05) is 17.7 Å². The summed E-state index contributed by atoms with van der Waals surface area (Å²) in [5.74, 6) is -0.731. The Morgan fingerprint density at radius 3 is 2.85 bits per heavy atom.